The van der Waals surface area contributed by atoms with Crippen LogP contribution >= 0.6 is 0 Å². The fourth-order valence-electron chi connectivity index (χ4n) is 5.13. The summed E-state index contributed by atoms with van der Waals surface area (Å²) < 4.78 is 4.75. The number of carbonyl (C=O) groups is 2. The van der Waals surface area contributed by atoms with Crippen molar-refractivity contribution in [3.8, 4) is 0 Å². The number of esters is 1. The van der Waals surface area contributed by atoms with Gasteiger partial charge in [-0.05, 0) is 87.2 Å². The number of nitrogens with zero attached hydrogens (tertiary/aromatic N) is 2. The Hall–Kier alpha value is -2.08. The molecular formula is C23H33N3O3. The molecule has 4 rings (SSSR count). The van der Waals surface area contributed by atoms with E-state index < -0.39 is 0 Å². The first-order valence-electron chi connectivity index (χ1n) is 11.1. The summed E-state index contributed by atoms with van der Waals surface area (Å²) in [4.78, 5) is 28.6. The lowest BCUT2D eigenvalue weighted by molar-refractivity contribution is -0.141. The van der Waals surface area contributed by atoms with E-state index in [0.717, 1.165) is 76.8 Å². The molecule has 2 heterocycles. The first-order valence-corrected chi connectivity index (χ1v) is 11.1. The fourth-order valence-corrected chi connectivity index (χ4v) is 5.13. The number of ether oxygens (including phenoxy) is 1. The molecule has 1 N–H and O–H groups in total. The van der Waals surface area contributed by atoms with Gasteiger partial charge in [0.25, 0.3) is 0 Å². The molecule has 0 aromatic heterocycles. The van der Waals surface area contributed by atoms with Gasteiger partial charge in [0.05, 0.1) is 7.11 Å². The van der Waals surface area contributed by atoms with Crippen LogP contribution in [0.3, 0.4) is 0 Å². The van der Waals surface area contributed by atoms with Crippen molar-refractivity contribution < 1.29 is 14.3 Å². The first kappa shape index (κ1) is 20.2. The summed E-state index contributed by atoms with van der Waals surface area (Å²) in [7, 11) is 1.45. The number of methoxy groups -OCH3 is 1. The molecule has 6 nitrogen and oxygen atoms in total. The third kappa shape index (κ3) is 4.58. The van der Waals surface area contributed by atoms with Crippen LogP contribution in [-0.4, -0.2) is 56.2 Å². The summed E-state index contributed by atoms with van der Waals surface area (Å²) in [6.07, 6.45) is 7.79. The number of amides is 2. The van der Waals surface area contributed by atoms with Gasteiger partial charge in [-0.25, -0.2) is 4.79 Å². The topological polar surface area (TPSA) is 61.9 Å². The van der Waals surface area contributed by atoms with Crippen molar-refractivity contribution >= 4 is 17.7 Å². The van der Waals surface area contributed by atoms with Gasteiger partial charge in [-0.1, -0.05) is 6.07 Å². The number of anilines is 1. The molecule has 2 fully saturated rings. The molecule has 2 aliphatic heterocycles. The second kappa shape index (κ2) is 9.16. The SMILES string of the molecule is COC(=O)CCC1CCC(N2CCN(c3ccc4c(c3)CCNCC4)C2=O)CC1. The summed E-state index contributed by atoms with van der Waals surface area (Å²) in [5.41, 5.74) is 3.84. The summed E-state index contributed by atoms with van der Waals surface area (Å²) in [5, 5.41) is 3.45. The zero-order valence-electron chi connectivity index (χ0n) is 17.5. The molecule has 29 heavy (non-hydrogen) atoms. The fraction of sp³-hybridized carbons (Fsp3) is 0.652. The molecule has 0 radical (unpaired) electrons. The molecular weight excluding hydrogens is 366 g/mol. The summed E-state index contributed by atoms with van der Waals surface area (Å²) in [5.74, 6) is 0.464. The highest BCUT2D eigenvalue weighted by molar-refractivity contribution is 5.94. The van der Waals surface area contributed by atoms with Crippen LogP contribution in [0.15, 0.2) is 18.2 Å². The molecule has 0 bridgehead atoms. The maximum absolute atomic E-state index is 13.2. The van der Waals surface area contributed by atoms with E-state index in [4.69, 9.17) is 4.74 Å². The van der Waals surface area contributed by atoms with Crippen LogP contribution in [-0.2, 0) is 22.4 Å². The smallest absolute Gasteiger partial charge is 0.324 e. The largest absolute Gasteiger partial charge is 0.469 e. The van der Waals surface area contributed by atoms with E-state index in [2.05, 4.69) is 28.4 Å². The summed E-state index contributed by atoms with van der Waals surface area (Å²) in [6, 6.07) is 7.06. The lowest BCUT2D eigenvalue weighted by Crippen LogP contribution is -2.41. The number of rotatable bonds is 5. The average Bonchev–Trinajstić information content (AvgIpc) is 2.98. The molecule has 6 heteroatoms. The first-order chi connectivity index (χ1) is 14.2. The van der Waals surface area contributed by atoms with E-state index in [0.29, 0.717) is 18.4 Å². The van der Waals surface area contributed by atoms with Crippen molar-refractivity contribution in [3.63, 3.8) is 0 Å². The highest BCUT2D eigenvalue weighted by atomic mass is 16.5. The summed E-state index contributed by atoms with van der Waals surface area (Å²) in [6.45, 7) is 3.63. The molecule has 0 atom stereocenters. The monoisotopic (exact) mass is 399 g/mol. The van der Waals surface area contributed by atoms with Crippen LogP contribution in [0.2, 0.25) is 0 Å². The van der Waals surface area contributed by atoms with E-state index in [1.165, 1.54) is 18.2 Å². The highest BCUT2D eigenvalue weighted by Crippen LogP contribution is 2.33. The van der Waals surface area contributed by atoms with Crippen LogP contribution < -0.4 is 10.2 Å². The number of fused-ring (bicyclic) bond motifs is 1. The molecule has 1 aromatic rings. The van der Waals surface area contributed by atoms with Crippen molar-refractivity contribution in [2.24, 2.45) is 5.92 Å². The van der Waals surface area contributed by atoms with Crippen molar-refractivity contribution in [1.82, 2.24) is 10.2 Å². The lowest BCUT2D eigenvalue weighted by Gasteiger charge is -2.34. The van der Waals surface area contributed by atoms with Gasteiger partial charge in [-0.2, -0.15) is 0 Å². The van der Waals surface area contributed by atoms with Gasteiger partial charge >= 0.3 is 12.0 Å². The lowest BCUT2D eigenvalue weighted by atomic mass is 9.83. The van der Waals surface area contributed by atoms with E-state index >= 15 is 0 Å². The van der Waals surface area contributed by atoms with Crippen molar-refractivity contribution in [2.45, 2.75) is 57.4 Å². The molecule has 0 unspecified atom stereocenters. The molecule has 1 aliphatic carbocycles. The Morgan fingerprint density at radius 2 is 1.86 bits per heavy atom. The third-order valence-corrected chi connectivity index (χ3v) is 6.93. The number of benzene rings is 1. The minimum absolute atomic E-state index is 0.117. The second-order valence-corrected chi connectivity index (χ2v) is 8.62. The molecule has 2 amide bonds. The maximum atomic E-state index is 13.2. The minimum Gasteiger partial charge on any atom is -0.469 e. The van der Waals surface area contributed by atoms with E-state index in [9.17, 15) is 9.59 Å². The van der Waals surface area contributed by atoms with Crippen LogP contribution in [0, 0.1) is 5.92 Å². The number of hydrogen-bond acceptors (Lipinski definition) is 4. The number of nitrogens with one attached hydrogen (secondary N) is 1. The van der Waals surface area contributed by atoms with Gasteiger partial charge in [-0.15, -0.1) is 0 Å². The molecule has 0 spiro atoms. The zero-order chi connectivity index (χ0) is 20.2. The van der Waals surface area contributed by atoms with Crippen LogP contribution in [0.25, 0.3) is 0 Å². The summed E-state index contributed by atoms with van der Waals surface area (Å²) >= 11 is 0. The standard InChI is InChI=1S/C23H33N3O3/c1-29-22(27)9-4-17-2-6-20(7-3-17)25-14-15-26(23(25)28)21-8-5-18-10-12-24-13-11-19(18)16-21/h5,8,16-17,20,24H,2-4,6-7,9-15H2,1H3. The molecule has 158 valence electrons. The van der Waals surface area contributed by atoms with Crippen LogP contribution in [0.1, 0.15) is 49.7 Å². The quantitative estimate of drug-likeness (QED) is 0.773. The second-order valence-electron chi connectivity index (χ2n) is 8.62. The van der Waals surface area contributed by atoms with Crippen molar-refractivity contribution in [1.29, 1.82) is 0 Å². The number of hydrogen-bond donors (Lipinski definition) is 1. The Labute approximate surface area is 173 Å². The van der Waals surface area contributed by atoms with Crippen molar-refractivity contribution in [2.75, 3.05) is 38.2 Å². The zero-order valence-corrected chi connectivity index (χ0v) is 17.5. The third-order valence-electron chi connectivity index (χ3n) is 6.93. The van der Waals surface area contributed by atoms with Gasteiger partial charge in [-0.3, -0.25) is 9.69 Å². The van der Waals surface area contributed by atoms with E-state index in [1.807, 2.05) is 4.90 Å². The normalized spacial score (nSPS) is 24.9. The number of carbonyl (C=O) groups excluding carboxylic acids is 2. The molecule has 1 saturated heterocycles. The molecule has 3 aliphatic rings. The number of urea groups is 1. The predicted molar refractivity (Wildman–Crippen MR) is 113 cm³/mol. The Bertz CT molecular complexity index is 743. The Morgan fingerprint density at radius 1 is 1.10 bits per heavy atom. The minimum atomic E-state index is -0.117. The highest BCUT2D eigenvalue weighted by Gasteiger charge is 2.36. The van der Waals surface area contributed by atoms with Gasteiger partial charge in [0.1, 0.15) is 0 Å². The molecule has 1 aromatic carbocycles. The molecule has 1 saturated carbocycles. The average molecular weight is 400 g/mol. The predicted octanol–water partition coefficient (Wildman–Crippen LogP) is 3.13. The Morgan fingerprint density at radius 3 is 2.62 bits per heavy atom. The maximum Gasteiger partial charge on any atom is 0.324 e. The van der Waals surface area contributed by atoms with Gasteiger partial charge in [0, 0.05) is 31.2 Å². The van der Waals surface area contributed by atoms with Crippen LogP contribution in [0.4, 0.5) is 10.5 Å². The van der Waals surface area contributed by atoms with Crippen LogP contribution in [0.5, 0.6) is 0 Å². The van der Waals surface area contributed by atoms with Gasteiger partial charge < -0.3 is 15.0 Å². The van der Waals surface area contributed by atoms with Gasteiger partial charge in [0.2, 0.25) is 0 Å². The van der Waals surface area contributed by atoms with Gasteiger partial charge in [0.15, 0.2) is 0 Å². The van der Waals surface area contributed by atoms with E-state index in [-0.39, 0.29) is 12.0 Å². The van der Waals surface area contributed by atoms with Crippen molar-refractivity contribution in [3.05, 3.63) is 29.3 Å². The Balaban J connectivity index is 1.34. The van der Waals surface area contributed by atoms with E-state index in [1.54, 1.807) is 0 Å². The Kier molecular flexibility index (Phi) is 6.38.